The van der Waals surface area contributed by atoms with Crippen molar-refractivity contribution >= 4 is 44.1 Å². The summed E-state index contributed by atoms with van der Waals surface area (Å²) in [5.41, 5.74) is 0.524. The van der Waals surface area contributed by atoms with Gasteiger partial charge in [-0.15, -0.1) is 6.58 Å². The maximum atomic E-state index is 12.5. The summed E-state index contributed by atoms with van der Waals surface area (Å²) in [7, 11) is -3.82. The van der Waals surface area contributed by atoms with Crippen molar-refractivity contribution in [2.75, 3.05) is 4.72 Å². The van der Waals surface area contributed by atoms with E-state index >= 15 is 0 Å². The minimum Gasteiger partial charge on any atom is -0.414 e. The smallest absolute Gasteiger partial charge is 0.311 e. The largest absolute Gasteiger partial charge is 0.414 e. The molecule has 1 aromatic carbocycles. The molecular weight excluding hydrogens is 372 g/mol. The third kappa shape index (κ3) is 4.56. The van der Waals surface area contributed by atoms with Crippen molar-refractivity contribution in [1.82, 2.24) is 4.98 Å². The van der Waals surface area contributed by atoms with Crippen LogP contribution in [0.3, 0.4) is 0 Å². The number of hydrogen-bond donors (Lipinski definition) is 1. The molecule has 0 fully saturated rings. The first-order valence-electron chi connectivity index (χ1n) is 6.92. The average Bonchev–Trinajstić information content (AvgIpc) is 2.95. The SMILES string of the molecule is C=CC(c1ccc(Cl)cc1)S(=O)(=O)Nc1ncc(OC(=O)CC)s1. The minimum atomic E-state index is -3.82. The summed E-state index contributed by atoms with van der Waals surface area (Å²) in [5, 5.41) is -0.134. The number of carbonyl (C=O) groups excluding carboxylic acids is 1. The van der Waals surface area contributed by atoms with Gasteiger partial charge in [-0.3, -0.25) is 9.52 Å². The van der Waals surface area contributed by atoms with Crippen molar-refractivity contribution in [3.63, 3.8) is 0 Å². The molecule has 9 heteroatoms. The van der Waals surface area contributed by atoms with Crippen molar-refractivity contribution in [2.24, 2.45) is 0 Å². The predicted octanol–water partition coefficient (Wildman–Crippen LogP) is 3.78. The zero-order valence-electron chi connectivity index (χ0n) is 12.7. The molecule has 0 saturated heterocycles. The van der Waals surface area contributed by atoms with Gasteiger partial charge in [0.2, 0.25) is 15.1 Å². The van der Waals surface area contributed by atoms with Gasteiger partial charge in [0.25, 0.3) is 0 Å². The van der Waals surface area contributed by atoms with Crippen molar-refractivity contribution in [3.05, 3.63) is 53.7 Å². The lowest BCUT2D eigenvalue weighted by Gasteiger charge is -2.14. The number of thiazole rings is 1. The zero-order valence-corrected chi connectivity index (χ0v) is 15.1. The van der Waals surface area contributed by atoms with E-state index in [9.17, 15) is 13.2 Å². The van der Waals surface area contributed by atoms with E-state index in [1.807, 2.05) is 0 Å². The van der Waals surface area contributed by atoms with Crippen LogP contribution in [0.5, 0.6) is 5.06 Å². The highest BCUT2D eigenvalue weighted by molar-refractivity contribution is 7.93. The van der Waals surface area contributed by atoms with Crippen molar-refractivity contribution in [2.45, 2.75) is 18.6 Å². The number of rotatable bonds is 7. The topological polar surface area (TPSA) is 85.4 Å². The number of benzene rings is 1. The van der Waals surface area contributed by atoms with Crippen LogP contribution in [-0.4, -0.2) is 19.4 Å². The summed E-state index contributed by atoms with van der Waals surface area (Å²) < 4.78 is 32.5. The Balaban J connectivity index is 2.18. The number of nitrogens with one attached hydrogen (secondary N) is 1. The van der Waals surface area contributed by atoms with Gasteiger partial charge in [-0.2, -0.15) is 0 Å². The quantitative estimate of drug-likeness (QED) is 0.578. The molecule has 2 rings (SSSR count). The van der Waals surface area contributed by atoms with Crippen LogP contribution in [0.1, 0.15) is 24.2 Å². The second-order valence-electron chi connectivity index (χ2n) is 4.67. The maximum Gasteiger partial charge on any atom is 0.311 e. The van der Waals surface area contributed by atoms with Gasteiger partial charge in [-0.1, -0.05) is 48.1 Å². The molecule has 128 valence electrons. The van der Waals surface area contributed by atoms with Crippen molar-refractivity contribution in [3.8, 4) is 5.06 Å². The van der Waals surface area contributed by atoms with Crippen LogP contribution in [0.25, 0.3) is 0 Å². The fourth-order valence-corrected chi connectivity index (χ4v) is 4.19. The molecule has 2 aromatic rings. The van der Waals surface area contributed by atoms with E-state index in [4.69, 9.17) is 16.3 Å². The van der Waals surface area contributed by atoms with Gasteiger partial charge >= 0.3 is 5.97 Å². The molecule has 0 aliphatic carbocycles. The van der Waals surface area contributed by atoms with E-state index in [1.165, 1.54) is 12.3 Å². The molecule has 0 radical (unpaired) electrons. The van der Waals surface area contributed by atoms with Crippen LogP contribution in [0, 0.1) is 0 Å². The molecule has 1 aromatic heterocycles. The molecule has 0 amide bonds. The fourth-order valence-electron chi connectivity index (χ4n) is 1.82. The second kappa shape index (κ2) is 7.78. The summed E-state index contributed by atoms with van der Waals surface area (Å²) in [5.74, 6) is -0.418. The zero-order chi connectivity index (χ0) is 17.7. The lowest BCUT2D eigenvalue weighted by molar-refractivity contribution is -0.133. The molecule has 24 heavy (non-hydrogen) atoms. The molecule has 0 aliphatic rings. The Kier molecular flexibility index (Phi) is 5.98. The van der Waals surface area contributed by atoms with Gasteiger partial charge < -0.3 is 4.74 Å². The first-order valence-corrected chi connectivity index (χ1v) is 9.66. The number of halogens is 1. The average molecular weight is 387 g/mol. The molecule has 0 spiro atoms. The molecule has 0 bridgehead atoms. The third-order valence-electron chi connectivity index (χ3n) is 2.96. The first kappa shape index (κ1) is 18.4. The van der Waals surface area contributed by atoms with Crippen LogP contribution in [0.15, 0.2) is 43.1 Å². The van der Waals surface area contributed by atoms with Gasteiger partial charge in [-0.05, 0) is 17.7 Å². The Morgan fingerprint density at radius 3 is 2.71 bits per heavy atom. The van der Waals surface area contributed by atoms with E-state index in [-0.39, 0.29) is 16.6 Å². The van der Waals surface area contributed by atoms with E-state index in [1.54, 1.807) is 31.2 Å². The number of esters is 1. The highest BCUT2D eigenvalue weighted by Crippen LogP contribution is 2.31. The highest BCUT2D eigenvalue weighted by Gasteiger charge is 2.25. The summed E-state index contributed by atoms with van der Waals surface area (Å²) in [4.78, 5) is 15.1. The molecule has 1 N–H and O–H groups in total. The van der Waals surface area contributed by atoms with Gasteiger partial charge in [0.05, 0.1) is 6.20 Å². The third-order valence-corrected chi connectivity index (χ3v) is 5.75. The highest BCUT2D eigenvalue weighted by atomic mass is 35.5. The normalized spacial score (nSPS) is 12.4. The number of ether oxygens (including phenoxy) is 1. The standard InChI is InChI=1S/C15H15ClN2O4S2/c1-3-12(10-5-7-11(16)8-6-10)24(20,21)18-15-17-9-14(23-15)22-13(19)4-2/h3,5-9,12H,1,4H2,2H3,(H,17,18). The molecule has 1 atom stereocenters. The number of carbonyl (C=O) groups is 1. The lowest BCUT2D eigenvalue weighted by Crippen LogP contribution is -2.19. The Morgan fingerprint density at radius 2 is 2.12 bits per heavy atom. The predicted molar refractivity (Wildman–Crippen MR) is 95.0 cm³/mol. The Labute approximate surface area is 149 Å². The van der Waals surface area contributed by atoms with Crippen molar-refractivity contribution < 1.29 is 17.9 Å². The number of hydrogen-bond acceptors (Lipinski definition) is 6. The number of sulfonamides is 1. The summed E-state index contributed by atoms with van der Waals surface area (Å²) in [6.45, 7) is 5.25. The number of anilines is 1. The van der Waals surface area contributed by atoms with Crippen LogP contribution in [-0.2, 0) is 14.8 Å². The van der Waals surface area contributed by atoms with E-state index < -0.39 is 21.2 Å². The molecule has 1 heterocycles. The van der Waals surface area contributed by atoms with E-state index in [2.05, 4.69) is 16.3 Å². The first-order chi connectivity index (χ1) is 11.4. The van der Waals surface area contributed by atoms with Gasteiger partial charge in [0, 0.05) is 11.4 Å². The van der Waals surface area contributed by atoms with Crippen LogP contribution in [0.2, 0.25) is 5.02 Å². The lowest BCUT2D eigenvalue weighted by atomic mass is 10.1. The Morgan fingerprint density at radius 1 is 1.46 bits per heavy atom. The Bertz CT molecular complexity index is 831. The monoisotopic (exact) mass is 386 g/mol. The van der Waals surface area contributed by atoms with Crippen LogP contribution < -0.4 is 9.46 Å². The fraction of sp³-hybridized carbons (Fsp3) is 0.200. The van der Waals surface area contributed by atoms with Crippen LogP contribution >= 0.6 is 22.9 Å². The number of nitrogens with zero attached hydrogens (tertiary/aromatic N) is 1. The van der Waals surface area contributed by atoms with Gasteiger partial charge in [0.15, 0.2) is 5.13 Å². The molecule has 6 nitrogen and oxygen atoms in total. The molecular formula is C15H15ClN2O4S2. The van der Waals surface area contributed by atoms with Gasteiger partial charge in [-0.25, -0.2) is 13.4 Å². The second-order valence-corrected chi connectivity index (χ2v) is 7.90. The minimum absolute atomic E-state index is 0.106. The van der Waals surface area contributed by atoms with E-state index in [0.717, 1.165) is 11.3 Å². The van der Waals surface area contributed by atoms with Crippen LogP contribution in [0.4, 0.5) is 5.13 Å². The number of aromatic nitrogens is 1. The maximum absolute atomic E-state index is 12.5. The van der Waals surface area contributed by atoms with Gasteiger partial charge in [0.1, 0.15) is 5.25 Å². The summed E-state index contributed by atoms with van der Waals surface area (Å²) in [6, 6.07) is 6.44. The Hall–Kier alpha value is -1.90. The molecule has 0 saturated carbocycles. The molecule has 0 aliphatic heterocycles. The van der Waals surface area contributed by atoms with Crippen molar-refractivity contribution in [1.29, 1.82) is 0 Å². The summed E-state index contributed by atoms with van der Waals surface area (Å²) in [6.07, 6.45) is 2.83. The molecule has 1 unspecified atom stereocenters. The van der Waals surface area contributed by atoms with E-state index in [0.29, 0.717) is 10.6 Å². The summed E-state index contributed by atoms with van der Waals surface area (Å²) >= 11 is 6.75.